The third kappa shape index (κ3) is 4.92. The maximum atomic E-state index is 3.50. The standard InChI is InChI=1S/C29H22/c1-5-13-24(14-6-1)21-22-28(26-17-9-3-10-18-26)29(27-19-11-4-12-20-27)23-25-15-7-2-8-16-25/h1-20H,23H2/b29-28-. The first kappa shape index (κ1) is 18.5. The van der Waals surface area contributed by atoms with Crippen LogP contribution in [0.4, 0.5) is 0 Å². The van der Waals surface area contributed by atoms with Gasteiger partial charge in [-0.3, -0.25) is 0 Å². The fraction of sp³-hybridized carbons (Fsp3) is 0.0345. The van der Waals surface area contributed by atoms with Crippen LogP contribution in [0.2, 0.25) is 0 Å². The van der Waals surface area contributed by atoms with Crippen LogP contribution in [0.3, 0.4) is 0 Å². The van der Waals surface area contributed by atoms with Crippen molar-refractivity contribution in [1.29, 1.82) is 0 Å². The highest BCUT2D eigenvalue weighted by molar-refractivity contribution is 5.99. The van der Waals surface area contributed by atoms with Crippen LogP contribution >= 0.6 is 0 Å². The maximum absolute atomic E-state index is 3.50. The minimum absolute atomic E-state index is 0.832. The van der Waals surface area contributed by atoms with Gasteiger partial charge in [0.05, 0.1) is 0 Å². The first-order valence-electron chi connectivity index (χ1n) is 9.85. The largest absolute Gasteiger partial charge is 0.0622 e. The summed E-state index contributed by atoms with van der Waals surface area (Å²) in [4.78, 5) is 0. The third-order valence-electron chi connectivity index (χ3n) is 4.82. The van der Waals surface area contributed by atoms with Crippen molar-refractivity contribution in [3.8, 4) is 11.8 Å². The van der Waals surface area contributed by atoms with E-state index in [1.54, 1.807) is 0 Å². The van der Waals surface area contributed by atoms with Crippen molar-refractivity contribution in [2.24, 2.45) is 0 Å². The Bertz CT molecular complexity index is 1130. The Hall–Kier alpha value is -3.82. The molecule has 0 unspecified atom stereocenters. The molecule has 4 rings (SSSR count). The Kier molecular flexibility index (Phi) is 6.01. The van der Waals surface area contributed by atoms with Gasteiger partial charge in [-0.25, -0.2) is 0 Å². The predicted molar refractivity (Wildman–Crippen MR) is 123 cm³/mol. The molecule has 0 heteroatoms. The van der Waals surface area contributed by atoms with E-state index < -0.39 is 0 Å². The van der Waals surface area contributed by atoms with Gasteiger partial charge in [-0.1, -0.05) is 121 Å². The highest BCUT2D eigenvalue weighted by atomic mass is 14.1. The van der Waals surface area contributed by atoms with Gasteiger partial charge in [-0.2, -0.15) is 0 Å². The van der Waals surface area contributed by atoms with Crippen molar-refractivity contribution >= 4 is 11.1 Å². The Morgan fingerprint density at radius 3 is 1.59 bits per heavy atom. The van der Waals surface area contributed by atoms with Crippen LogP contribution in [-0.2, 0) is 6.42 Å². The van der Waals surface area contributed by atoms with Crippen LogP contribution in [0.25, 0.3) is 11.1 Å². The molecule has 0 aliphatic heterocycles. The van der Waals surface area contributed by atoms with Gasteiger partial charge in [0, 0.05) is 11.1 Å². The molecule has 0 spiro atoms. The molecule has 0 saturated carbocycles. The van der Waals surface area contributed by atoms with Crippen molar-refractivity contribution in [2.75, 3.05) is 0 Å². The molecule has 0 saturated heterocycles. The van der Waals surface area contributed by atoms with E-state index in [-0.39, 0.29) is 0 Å². The van der Waals surface area contributed by atoms with E-state index in [1.165, 1.54) is 16.7 Å². The van der Waals surface area contributed by atoms with Crippen LogP contribution in [0.15, 0.2) is 121 Å². The maximum Gasteiger partial charge on any atom is 0.0362 e. The summed E-state index contributed by atoms with van der Waals surface area (Å²) in [7, 11) is 0. The summed E-state index contributed by atoms with van der Waals surface area (Å²) in [6.07, 6.45) is 0.832. The van der Waals surface area contributed by atoms with Crippen molar-refractivity contribution < 1.29 is 0 Å². The molecule has 0 radical (unpaired) electrons. The molecule has 0 heterocycles. The molecule has 0 nitrogen and oxygen atoms in total. The predicted octanol–water partition coefficient (Wildman–Crippen LogP) is 6.89. The molecule has 4 aromatic rings. The average Bonchev–Trinajstić information content (AvgIpc) is 2.81. The molecular formula is C29H22. The van der Waals surface area contributed by atoms with Gasteiger partial charge in [0.2, 0.25) is 0 Å². The second-order valence-electron chi connectivity index (χ2n) is 6.86. The summed E-state index contributed by atoms with van der Waals surface area (Å²) >= 11 is 0. The second-order valence-corrected chi connectivity index (χ2v) is 6.86. The Labute approximate surface area is 173 Å². The molecule has 0 atom stereocenters. The number of benzene rings is 4. The minimum Gasteiger partial charge on any atom is -0.0622 e. The summed E-state index contributed by atoms with van der Waals surface area (Å²) in [5.41, 5.74) is 6.97. The summed E-state index contributed by atoms with van der Waals surface area (Å²) in [6.45, 7) is 0. The highest BCUT2D eigenvalue weighted by Gasteiger charge is 2.11. The first-order chi connectivity index (χ1) is 14.4. The number of hydrogen-bond acceptors (Lipinski definition) is 0. The molecule has 29 heavy (non-hydrogen) atoms. The highest BCUT2D eigenvalue weighted by Crippen LogP contribution is 2.29. The van der Waals surface area contributed by atoms with Crippen LogP contribution in [0.5, 0.6) is 0 Å². The smallest absolute Gasteiger partial charge is 0.0362 e. The van der Waals surface area contributed by atoms with Crippen molar-refractivity contribution in [3.63, 3.8) is 0 Å². The lowest BCUT2D eigenvalue weighted by Crippen LogP contribution is -1.96. The lowest BCUT2D eigenvalue weighted by atomic mass is 9.90. The molecule has 0 aromatic heterocycles. The molecule has 0 fully saturated rings. The van der Waals surface area contributed by atoms with E-state index in [4.69, 9.17) is 0 Å². The van der Waals surface area contributed by atoms with E-state index in [0.29, 0.717) is 0 Å². The van der Waals surface area contributed by atoms with E-state index in [2.05, 4.69) is 109 Å². The number of rotatable bonds is 4. The quantitative estimate of drug-likeness (QED) is 0.271. The number of allylic oxidation sites excluding steroid dienone is 2. The molecule has 0 bridgehead atoms. The molecule has 138 valence electrons. The van der Waals surface area contributed by atoms with Crippen molar-refractivity contribution in [2.45, 2.75) is 6.42 Å². The summed E-state index contributed by atoms with van der Waals surface area (Å²) in [5, 5.41) is 0. The Balaban J connectivity index is 1.91. The van der Waals surface area contributed by atoms with E-state index in [1.807, 2.05) is 24.3 Å². The average molecular weight is 370 g/mol. The zero-order chi connectivity index (χ0) is 19.7. The van der Waals surface area contributed by atoms with Gasteiger partial charge in [-0.15, -0.1) is 0 Å². The molecule has 0 aliphatic carbocycles. The van der Waals surface area contributed by atoms with Gasteiger partial charge in [0.1, 0.15) is 0 Å². The van der Waals surface area contributed by atoms with Gasteiger partial charge < -0.3 is 0 Å². The molecule has 0 amide bonds. The summed E-state index contributed by atoms with van der Waals surface area (Å²) < 4.78 is 0. The first-order valence-corrected chi connectivity index (χ1v) is 9.85. The van der Waals surface area contributed by atoms with Gasteiger partial charge >= 0.3 is 0 Å². The summed E-state index contributed by atoms with van der Waals surface area (Å²) in [5.74, 6) is 6.87. The SMILES string of the molecule is C(#Cc1ccccc1)/C(=C(\Cc1ccccc1)c1ccccc1)c1ccccc1. The van der Waals surface area contributed by atoms with E-state index in [9.17, 15) is 0 Å². The lowest BCUT2D eigenvalue weighted by molar-refractivity contribution is 1.28. The Morgan fingerprint density at radius 2 is 1.00 bits per heavy atom. The molecule has 4 aromatic carbocycles. The normalized spacial score (nSPS) is 11.2. The monoisotopic (exact) mass is 370 g/mol. The van der Waals surface area contributed by atoms with Crippen molar-refractivity contribution in [1.82, 2.24) is 0 Å². The molecule has 0 aliphatic rings. The van der Waals surface area contributed by atoms with Crippen LogP contribution < -0.4 is 0 Å². The van der Waals surface area contributed by atoms with Gasteiger partial charge in [-0.05, 0) is 40.8 Å². The molecular weight excluding hydrogens is 348 g/mol. The topological polar surface area (TPSA) is 0 Å². The third-order valence-corrected chi connectivity index (χ3v) is 4.82. The van der Waals surface area contributed by atoms with E-state index >= 15 is 0 Å². The zero-order valence-corrected chi connectivity index (χ0v) is 16.3. The summed E-state index contributed by atoms with van der Waals surface area (Å²) in [6, 6.07) is 41.8. The van der Waals surface area contributed by atoms with Crippen LogP contribution in [-0.4, -0.2) is 0 Å². The van der Waals surface area contributed by atoms with Crippen LogP contribution in [0.1, 0.15) is 22.3 Å². The van der Waals surface area contributed by atoms with Gasteiger partial charge in [0.15, 0.2) is 0 Å². The second kappa shape index (κ2) is 9.40. The van der Waals surface area contributed by atoms with Crippen molar-refractivity contribution in [3.05, 3.63) is 144 Å². The minimum atomic E-state index is 0.832. The van der Waals surface area contributed by atoms with Gasteiger partial charge in [0.25, 0.3) is 0 Å². The lowest BCUT2D eigenvalue weighted by Gasteiger charge is -2.13. The van der Waals surface area contributed by atoms with Crippen LogP contribution in [0, 0.1) is 11.8 Å². The fourth-order valence-corrected chi connectivity index (χ4v) is 3.36. The van der Waals surface area contributed by atoms with E-state index in [0.717, 1.165) is 23.1 Å². The fourth-order valence-electron chi connectivity index (χ4n) is 3.36. The number of hydrogen-bond donors (Lipinski definition) is 0. The zero-order valence-electron chi connectivity index (χ0n) is 16.3. The molecule has 0 N–H and O–H groups in total. The Morgan fingerprint density at radius 1 is 0.517 bits per heavy atom.